The molecule has 0 saturated heterocycles. The van der Waals surface area contributed by atoms with Crippen LogP contribution in [0.25, 0.3) is 0 Å². The summed E-state index contributed by atoms with van der Waals surface area (Å²) in [6, 6.07) is 21.8. The van der Waals surface area contributed by atoms with E-state index in [-0.39, 0.29) is 0 Å². The van der Waals surface area contributed by atoms with Crippen molar-refractivity contribution in [3.63, 3.8) is 0 Å². The van der Waals surface area contributed by atoms with Gasteiger partial charge in [0, 0.05) is 11.1 Å². The molecule has 6 heteroatoms. The predicted octanol–water partition coefficient (Wildman–Crippen LogP) is 4.50. The van der Waals surface area contributed by atoms with E-state index in [1.807, 2.05) is 60.7 Å². The molecule has 0 radical (unpaired) electrons. The standard InChI is InChI=1S/C23H21ClN2O3/c1-15-13-19(20(29-2)14-18(15)24)25-22(27)23(28)26-21(16-9-5-3-6-10-16)17-11-7-4-8-12-17/h3-14,21H,1-2H3,(H,25,27)(H,26,28). The predicted molar refractivity (Wildman–Crippen MR) is 114 cm³/mol. The summed E-state index contributed by atoms with van der Waals surface area (Å²) in [5, 5.41) is 5.93. The summed E-state index contributed by atoms with van der Waals surface area (Å²) >= 11 is 6.10. The van der Waals surface area contributed by atoms with Gasteiger partial charge in [0.05, 0.1) is 18.8 Å². The quantitative estimate of drug-likeness (QED) is 0.611. The summed E-state index contributed by atoms with van der Waals surface area (Å²) in [7, 11) is 1.47. The van der Waals surface area contributed by atoms with E-state index in [0.717, 1.165) is 16.7 Å². The van der Waals surface area contributed by atoms with Crippen molar-refractivity contribution in [2.24, 2.45) is 0 Å². The number of halogens is 1. The number of methoxy groups -OCH3 is 1. The second kappa shape index (κ2) is 9.26. The summed E-state index contributed by atoms with van der Waals surface area (Å²) < 4.78 is 5.25. The maximum absolute atomic E-state index is 12.7. The number of carbonyl (C=O) groups is 2. The average Bonchev–Trinajstić information content (AvgIpc) is 2.75. The number of carbonyl (C=O) groups excluding carboxylic acids is 2. The molecular formula is C23H21ClN2O3. The highest BCUT2D eigenvalue weighted by atomic mass is 35.5. The van der Waals surface area contributed by atoms with Gasteiger partial charge in [-0.05, 0) is 29.7 Å². The number of nitrogens with one attached hydrogen (secondary N) is 2. The van der Waals surface area contributed by atoms with Crippen LogP contribution >= 0.6 is 11.6 Å². The molecule has 0 saturated carbocycles. The molecule has 0 unspecified atom stereocenters. The Bertz CT molecular complexity index is 968. The molecule has 0 aliphatic carbocycles. The van der Waals surface area contributed by atoms with Gasteiger partial charge in [0.2, 0.25) is 0 Å². The average molecular weight is 409 g/mol. The van der Waals surface area contributed by atoms with Crippen LogP contribution in [0.1, 0.15) is 22.7 Å². The first-order valence-electron chi connectivity index (χ1n) is 9.05. The first kappa shape index (κ1) is 20.4. The maximum atomic E-state index is 12.7. The fourth-order valence-electron chi connectivity index (χ4n) is 2.96. The minimum Gasteiger partial charge on any atom is -0.495 e. The molecule has 0 aliphatic heterocycles. The molecule has 3 aromatic rings. The Morgan fingerprint density at radius 3 is 1.97 bits per heavy atom. The smallest absolute Gasteiger partial charge is 0.313 e. The zero-order chi connectivity index (χ0) is 20.8. The number of amides is 2. The monoisotopic (exact) mass is 408 g/mol. The number of ether oxygens (including phenoxy) is 1. The van der Waals surface area contributed by atoms with Gasteiger partial charge in [0.15, 0.2) is 0 Å². The van der Waals surface area contributed by atoms with Crippen LogP contribution in [0, 0.1) is 6.92 Å². The third-order valence-electron chi connectivity index (χ3n) is 4.48. The van der Waals surface area contributed by atoms with Gasteiger partial charge in [-0.2, -0.15) is 0 Å². The summed E-state index contributed by atoms with van der Waals surface area (Å²) in [5.41, 5.74) is 2.89. The number of hydrogen-bond donors (Lipinski definition) is 2. The Labute approximate surface area is 174 Å². The first-order chi connectivity index (χ1) is 14.0. The van der Waals surface area contributed by atoms with Gasteiger partial charge in [-0.25, -0.2) is 0 Å². The van der Waals surface area contributed by atoms with Crippen molar-refractivity contribution in [2.75, 3.05) is 12.4 Å². The Kier molecular flexibility index (Phi) is 6.52. The first-order valence-corrected chi connectivity index (χ1v) is 9.43. The fourth-order valence-corrected chi connectivity index (χ4v) is 3.11. The van der Waals surface area contributed by atoms with E-state index >= 15 is 0 Å². The molecule has 0 bridgehead atoms. The normalized spacial score (nSPS) is 10.5. The third kappa shape index (κ3) is 4.95. The van der Waals surface area contributed by atoms with Crippen LogP contribution in [0.2, 0.25) is 5.02 Å². The number of benzene rings is 3. The molecule has 0 heterocycles. The van der Waals surface area contributed by atoms with Crippen molar-refractivity contribution >= 4 is 29.1 Å². The third-order valence-corrected chi connectivity index (χ3v) is 4.88. The largest absolute Gasteiger partial charge is 0.495 e. The van der Waals surface area contributed by atoms with E-state index in [1.165, 1.54) is 7.11 Å². The van der Waals surface area contributed by atoms with Crippen molar-refractivity contribution in [2.45, 2.75) is 13.0 Å². The Hall–Kier alpha value is -3.31. The molecule has 3 aromatic carbocycles. The van der Waals surface area contributed by atoms with Crippen LogP contribution < -0.4 is 15.4 Å². The molecule has 0 aliphatic rings. The minimum absolute atomic E-state index is 0.379. The highest BCUT2D eigenvalue weighted by Crippen LogP contribution is 2.31. The molecule has 2 amide bonds. The van der Waals surface area contributed by atoms with Crippen LogP contribution in [0.5, 0.6) is 5.75 Å². The zero-order valence-electron chi connectivity index (χ0n) is 16.1. The van der Waals surface area contributed by atoms with Crippen molar-refractivity contribution < 1.29 is 14.3 Å². The van der Waals surface area contributed by atoms with Crippen LogP contribution in [0.4, 0.5) is 5.69 Å². The van der Waals surface area contributed by atoms with Gasteiger partial charge in [-0.3, -0.25) is 9.59 Å². The van der Waals surface area contributed by atoms with Crippen LogP contribution in [-0.4, -0.2) is 18.9 Å². The molecule has 0 spiro atoms. The van der Waals surface area contributed by atoms with Crippen molar-refractivity contribution in [3.05, 3.63) is 94.5 Å². The van der Waals surface area contributed by atoms with Crippen molar-refractivity contribution in [3.8, 4) is 5.75 Å². The fraction of sp³-hybridized carbons (Fsp3) is 0.130. The molecule has 0 aromatic heterocycles. The van der Waals surface area contributed by atoms with Gasteiger partial charge >= 0.3 is 11.8 Å². The molecule has 148 valence electrons. The number of hydrogen-bond acceptors (Lipinski definition) is 3. The van der Waals surface area contributed by atoms with Crippen molar-refractivity contribution in [1.82, 2.24) is 5.32 Å². The van der Waals surface area contributed by atoms with Crippen LogP contribution in [0.3, 0.4) is 0 Å². The SMILES string of the molecule is COc1cc(Cl)c(C)cc1NC(=O)C(=O)NC(c1ccccc1)c1ccccc1. The van der Waals surface area contributed by atoms with E-state index < -0.39 is 17.9 Å². The molecule has 0 atom stereocenters. The lowest BCUT2D eigenvalue weighted by atomic mass is 9.98. The lowest BCUT2D eigenvalue weighted by molar-refractivity contribution is -0.136. The Balaban J connectivity index is 1.82. The van der Waals surface area contributed by atoms with Gasteiger partial charge < -0.3 is 15.4 Å². The Morgan fingerprint density at radius 1 is 0.897 bits per heavy atom. The summed E-state index contributed by atoms with van der Waals surface area (Å²) in [6.45, 7) is 1.80. The highest BCUT2D eigenvalue weighted by molar-refractivity contribution is 6.40. The zero-order valence-corrected chi connectivity index (χ0v) is 16.9. The van der Waals surface area contributed by atoms with E-state index in [1.54, 1.807) is 19.1 Å². The molecule has 29 heavy (non-hydrogen) atoms. The van der Waals surface area contributed by atoms with E-state index in [9.17, 15) is 9.59 Å². The van der Waals surface area contributed by atoms with Gasteiger partial charge in [-0.15, -0.1) is 0 Å². The van der Waals surface area contributed by atoms with Gasteiger partial charge in [0.1, 0.15) is 5.75 Å². The van der Waals surface area contributed by atoms with Crippen LogP contribution in [0.15, 0.2) is 72.8 Å². The van der Waals surface area contributed by atoms with Crippen molar-refractivity contribution in [1.29, 1.82) is 0 Å². The van der Waals surface area contributed by atoms with E-state index in [4.69, 9.17) is 16.3 Å². The lowest BCUT2D eigenvalue weighted by Gasteiger charge is -2.20. The summed E-state index contributed by atoms with van der Waals surface area (Å²) in [6.07, 6.45) is 0. The summed E-state index contributed by atoms with van der Waals surface area (Å²) in [5.74, 6) is -1.16. The number of rotatable bonds is 5. The topological polar surface area (TPSA) is 67.4 Å². The maximum Gasteiger partial charge on any atom is 0.313 e. The number of aryl methyl sites for hydroxylation is 1. The molecule has 0 fully saturated rings. The summed E-state index contributed by atoms with van der Waals surface area (Å²) in [4.78, 5) is 25.2. The van der Waals surface area contributed by atoms with E-state index in [0.29, 0.717) is 16.5 Å². The highest BCUT2D eigenvalue weighted by Gasteiger charge is 2.22. The molecule has 3 rings (SSSR count). The number of anilines is 1. The second-order valence-corrected chi connectivity index (χ2v) is 6.89. The van der Waals surface area contributed by atoms with Crippen LogP contribution in [-0.2, 0) is 9.59 Å². The molecular weight excluding hydrogens is 388 g/mol. The Morgan fingerprint density at radius 2 is 1.45 bits per heavy atom. The van der Waals surface area contributed by atoms with E-state index in [2.05, 4.69) is 10.6 Å². The molecule has 5 nitrogen and oxygen atoms in total. The van der Waals surface area contributed by atoms with Gasteiger partial charge in [-0.1, -0.05) is 72.3 Å². The molecule has 2 N–H and O–H groups in total. The second-order valence-electron chi connectivity index (χ2n) is 6.48. The minimum atomic E-state index is -0.790. The lowest BCUT2D eigenvalue weighted by Crippen LogP contribution is -2.38. The van der Waals surface area contributed by atoms with Gasteiger partial charge in [0.25, 0.3) is 0 Å².